The Morgan fingerprint density at radius 1 is 1.07 bits per heavy atom. The van der Waals surface area contributed by atoms with E-state index in [1.54, 1.807) is 18.2 Å². The second-order valence-corrected chi connectivity index (χ2v) is 8.72. The molecule has 0 amide bonds. The van der Waals surface area contributed by atoms with E-state index in [0.717, 1.165) is 5.56 Å². The molecule has 2 aromatic rings. The summed E-state index contributed by atoms with van der Waals surface area (Å²) in [5, 5.41) is 3.67. The van der Waals surface area contributed by atoms with Crippen LogP contribution in [0, 0.1) is 0 Å². The van der Waals surface area contributed by atoms with Crippen molar-refractivity contribution >= 4 is 27.1 Å². The summed E-state index contributed by atoms with van der Waals surface area (Å²) >= 11 is 5.99. The summed E-state index contributed by atoms with van der Waals surface area (Å²) in [6, 6.07) is 13.0. The molecule has 1 fully saturated rings. The van der Waals surface area contributed by atoms with Gasteiger partial charge in [-0.1, -0.05) is 35.9 Å². The zero-order valence-corrected chi connectivity index (χ0v) is 16.6. The molecule has 28 heavy (non-hydrogen) atoms. The molecule has 1 heterocycles. The van der Waals surface area contributed by atoms with Gasteiger partial charge in [0.15, 0.2) is 0 Å². The number of para-hydroxylation sites is 1. The van der Waals surface area contributed by atoms with E-state index in [4.69, 9.17) is 16.3 Å². The number of nitrogens with zero attached hydrogens (tertiary/aromatic N) is 1. The van der Waals surface area contributed by atoms with E-state index in [1.807, 2.05) is 12.1 Å². The Bertz CT molecular complexity index is 888. The van der Waals surface area contributed by atoms with E-state index >= 15 is 0 Å². The van der Waals surface area contributed by atoms with E-state index in [1.165, 1.54) is 18.2 Å². The van der Waals surface area contributed by atoms with Crippen molar-refractivity contribution in [2.75, 3.05) is 38.2 Å². The summed E-state index contributed by atoms with van der Waals surface area (Å²) in [4.78, 5) is 1.81. The van der Waals surface area contributed by atoms with Crippen LogP contribution in [0.15, 0.2) is 53.4 Å². The number of hydrogen-bond donors (Lipinski definition) is 1. The van der Waals surface area contributed by atoms with Crippen LogP contribution in [0.5, 0.6) is 0 Å². The van der Waals surface area contributed by atoms with Crippen molar-refractivity contribution in [2.24, 2.45) is 0 Å². The van der Waals surface area contributed by atoms with Crippen molar-refractivity contribution in [1.82, 2.24) is 4.90 Å². The molecule has 1 atom stereocenters. The molecule has 0 aliphatic carbocycles. The summed E-state index contributed by atoms with van der Waals surface area (Å²) in [6.45, 7) is 2.97. The first-order chi connectivity index (χ1) is 13.4. The summed E-state index contributed by atoms with van der Waals surface area (Å²) in [5.41, 5.74) is 1.16. The lowest BCUT2D eigenvalue weighted by Gasteiger charge is -2.35. The number of nitrogens with one attached hydrogen (secondary N) is 1. The van der Waals surface area contributed by atoms with Crippen LogP contribution in [0.2, 0.25) is 5.02 Å². The van der Waals surface area contributed by atoms with E-state index in [-0.39, 0.29) is 11.7 Å². The molecule has 0 aromatic heterocycles. The quantitative estimate of drug-likeness (QED) is 0.723. The zero-order valence-electron chi connectivity index (χ0n) is 15.0. The van der Waals surface area contributed by atoms with Crippen molar-refractivity contribution in [1.29, 1.82) is 0 Å². The van der Waals surface area contributed by atoms with Crippen LogP contribution in [0.4, 0.5) is 14.5 Å². The molecular formula is C19H21ClF2N2O3S. The van der Waals surface area contributed by atoms with Gasteiger partial charge in [0.25, 0.3) is 0 Å². The maximum absolute atomic E-state index is 13.0. The number of halogens is 3. The third kappa shape index (κ3) is 4.81. The second-order valence-electron chi connectivity index (χ2n) is 6.40. The van der Waals surface area contributed by atoms with Gasteiger partial charge >= 0.3 is 5.76 Å². The van der Waals surface area contributed by atoms with Crippen molar-refractivity contribution in [2.45, 2.75) is 16.7 Å². The molecule has 1 unspecified atom stereocenters. The third-order valence-corrected chi connectivity index (χ3v) is 6.35. The van der Waals surface area contributed by atoms with Crippen LogP contribution < -0.4 is 5.32 Å². The van der Waals surface area contributed by atoms with E-state index < -0.39 is 20.5 Å². The fourth-order valence-electron chi connectivity index (χ4n) is 3.20. The fourth-order valence-corrected chi connectivity index (χ4v) is 4.23. The Morgan fingerprint density at radius 2 is 1.71 bits per heavy atom. The number of rotatable bonds is 7. The predicted molar refractivity (Wildman–Crippen MR) is 105 cm³/mol. The molecule has 1 saturated heterocycles. The Hall–Kier alpha value is -1.74. The molecule has 0 spiro atoms. The SMILES string of the molecule is O=S(=O)(c1ccccc1NCC(c1ccc(Cl)cc1)N1CCOCC1)C(F)F. The van der Waals surface area contributed by atoms with Gasteiger partial charge in [-0.25, -0.2) is 8.42 Å². The van der Waals surface area contributed by atoms with Crippen LogP contribution >= 0.6 is 11.6 Å². The van der Waals surface area contributed by atoms with Crippen LogP contribution in [0.1, 0.15) is 11.6 Å². The molecule has 1 aliphatic heterocycles. The molecule has 3 rings (SSSR count). The monoisotopic (exact) mass is 430 g/mol. The number of alkyl halides is 2. The number of ether oxygens (including phenoxy) is 1. The minimum atomic E-state index is -4.70. The van der Waals surface area contributed by atoms with Crippen molar-refractivity contribution in [3.8, 4) is 0 Å². The van der Waals surface area contributed by atoms with E-state index in [2.05, 4.69) is 10.2 Å². The summed E-state index contributed by atoms with van der Waals surface area (Å²) in [6.07, 6.45) is 0. The molecule has 0 radical (unpaired) electrons. The molecule has 1 N–H and O–H groups in total. The number of hydrogen-bond acceptors (Lipinski definition) is 5. The van der Waals surface area contributed by atoms with Crippen molar-refractivity contribution in [3.05, 3.63) is 59.1 Å². The average molecular weight is 431 g/mol. The summed E-state index contributed by atoms with van der Waals surface area (Å²) in [7, 11) is -4.70. The van der Waals surface area contributed by atoms with E-state index in [0.29, 0.717) is 37.9 Å². The molecule has 1 aliphatic rings. The molecule has 152 valence electrons. The van der Waals surface area contributed by atoms with Gasteiger partial charge in [-0.05, 0) is 29.8 Å². The maximum atomic E-state index is 13.0. The molecule has 5 nitrogen and oxygen atoms in total. The predicted octanol–water partition coefficient (Wildman–Crippen LogP) is 3.82. The molecule has 0 bridgehead atoms. The van der Waals surface area contributed by atoms with Gasteiger partial charge in [0.05, 0.1) is 29.8 Å². The van der Waals surface area contributed by atoms with Crippen LogP contribution in [0.25, 0.3) is 0 Å². The van der Waals surface area contributed by atoms with Crippen LogP contribution in [-0.4, -0.2) is 51.9 Å². The lowest BCUT2D eigenvalue weighted by atomic mass is 10.0. The minimum absolute atomic E-state index is 0.0940. The fraction of sp³-hybridized carbons (Fsp3) is 0.368. The first-order valence-corrected chi connectivity index (χ1v) is 10.7. The lowest BCUT2D eigenvalue weighted by Crippen LogP contribution is -2.41. The van der Waals surface area contributed by atoms with Gasteiger partial charge < -0.3 is 10.1 Å². The van der Waals surface area contributed by atoms with Crippen molar-refractivity contribution < 1.29 is 21.9 Å². The van der Waals surface area contributed by atoms with Gasteiger partial charge in [0.2, 0.25) is 9.84 Å². The summed E-state index contributed by atoms with van der Waals surface area (Å²) in [5.74, 6) is -3.47. The summed E-state index contributed by atoms with van der Waals surface area (Å²) < 4.78 is 55.4. The van der Waals surface area contributed by atoms with Crippen molar-refractivity contribution in [3.63, 3.8) is 0 Å². The third-order valence-electron chi connectivity index (χ3n) is 4.66. The zero-order chi connectivity index (χ0) is 20.1. The highest BCUT2D eigenvalue weighted by Gasteiger charge is 2.29. The Balaban J connectivity index is 1.86. The molecular weight excluding hydrogens is 410 g/mol. The highest BCUT2D eigenvalue weighted by Crippen LogP contribution is 2.29. The topological polar surface area (TPSA) is 58.6 Å². The minimum Gasteiger partial charge on any atom is -0.382 e. The van der Waals surface area contributed by atoms with Crippen LogP contribution in [0.3, 0.4) is 0 Å². The standard InChI is InChI=1S/C19H21ClF2N2O3S/c20-15-7-5-14(6-8-15)17(24-9-11-27-12-10-24)13-23-16-3-1-2-4-18(16)28(25,26)19(21)22/h1-8,17,19,23H,9-13H2. The first-order valence-electron chi connectivity index (χ1n) is 8.82. The van der Waals surface area contributed by atoms with Gasteiger partial charge in [-0.2, -0.15) is 8.78 Å². The number of anilines is 1. The van der Waals surface area contributed by atoms with Gasteiger partial charge in [-0.3, -0.25) is 4.90 Å². The van der Waals surface area contributed by atoms with Gasteiger partial charge in [0, 0.05) is 24.7 Å². The molecule has 2 aromatic carbocycles. The maximum Gasteiger partial charge on any atom is 0.341 e. The Morgan fingerprint density at radius 3 is 2.36 bits per heavy atom. The Kier molecular flexibility index (Phi) is 6.87. The normalized spacial score (nSPS) is 16.9. The number of sulfone groups is 1. The smallest absolute Gasteiger partial charge is 0.341 e. The highest BCUT2D eigenvalue weighted by atomic mass is 35.5. The largest absolute Gasteiger partial charge is 0.382 e. The highest BCUT2D eigenvalue weighted by molar-refractivity contribution is 7.91. The Labute approximate surface area is 168 Å². The molecule has 0 saturated carbocycles. The molecule has 9 heteroatoms. The van der Waals surface area contributed by atoms with Gasteiger partial charge in [-0.15, -0.1) is 0 Å². The average Bonchev–Trinajstić information content (AvgIpc) is 2.70. The lowest BCUT2D eigenvalue weighted by molar-refractivity contribution is 0.0187. The number of morpholine rings is 1. The van der Waals surface area contributed by atoms with E-state index in [9.17, 15) is 17.2 Å². The van der Waals surface area contributed by atoms with Crippen LogP contribution in [-0.2, 0) is 14.6 Å². The first kappa shape index (κ1) is 21.0. The van der Waals surface area contributed by atoms with Gasteiger partial charge in [0.1, 0.15) is 0 Å². The number of benzene rings is 2. The second kappa shape index (κ2) is 9.17.